The minimum Gasteiger partial charge on any atom is -0.298 e. The Morgan fingerprint density at radius 3 is 2.91 bits per heavy atom. The van der Waals surface area contributed by atoms with Crippen LogP contribution in [-0.2, 0) is 13.0 Å². The zero-order valence-electron chi connectivity index (χ0n) is 14.1. The highest BCUT2D eigenvalue weighted by Crippen LogP contribution is 2.29. The molecule has 1 atom stereocenters. The number of nitrogens with zero attached hydrogens (tertiary/aromatic N) is 2. The second kappa shape index (κ2) is 7.26. The molecule has 1 aromatic carbocycles. The van der Waals surface area contributed by atoms with Crippen LogP contribution in [0, 0.1) is 11.7 Å². The molecule has 3 rings (SSSR count). The smallest absolute Gasteiger partial charge is 0.127 e. The number of hydrogen-bond donors (Lipinski definition) is 1. The fourth-order valence-corrected chi connectivity index (χ4v) is 3.58. The van der Waals surface area contributed by atoms with Crippen molar-refractivity contribution in [3.8, 4) is 0 Å². The fraction of sp³-hybridized carbons (Fsp3) is 0.526. The number of benzene rings is 1. The number of hydrogen-bond acceptors (Lipinski definition) is 2. The Balaban J connectivity index is 1.69. The van der Waals surface area contributed by atoms with E-state index in [0.717, 1.165) is 31.5 Å². The molecule has 0 unspecified atom stereocenters. The number of piperidine rings is 1. The minimum atomic E-state index is -0.100. The van der Waals surface area contributed by atoms with Crippen LogP contribution >= 0.6 is 0 Å². The van der Waals surface area contributed by atoms with Crippen LogP contribution in [0.2, 0.25) is 0 Å². The van der Waals surface area contributed by atoms with Crippen LogP contribution < -0.4 is 0 Å². The molecule has 2 heterocycles. The molecule has 0 amide bonds. The van der Waals surface area contributed by atoms with Gasteiger partial charge in [0.25, 0.3) is 0 Å². The third-order valence-electron chi connectivity index (χ3n) is 4.65. The first kappa shape index (κ1) is 16.2. The van der Waals surface area contributed by atoms with Gasteiger partial charge in [-0.25, -0.2) is 4.39 Å². The number of aromatic nitrogens is 2. The summed E-state index contributed by atoms with van der Waals surface area (Å²) < 4.78 is 13.9. The number of rotatable bonds is 5. The Bertz CT molecular complexity index is 635. The van der Waals surface area contributed by atoms with Crippen molar-refractivity contribution in [3.05, 3.63) is 53.1 Å². The lowest BCUT2D eigenvalue weighted by Gasteiger charge is -2.33. The van der Waals surface area contributed by atoms with Crippen LogP contribution in [0.15, 0.2) is 30.5 Å². The Morgan fingerprint density at radius 2 is 2.13 bits per heavy atom. The first-order valence-electron chi connectivity index (χ1n) is 8.61. The highest BCUT2D eigenvalue weighted by atomic mass is 19.1. The van der Waals surface area contributed by atoms with E-state index in [1.807, 2.05) is 18.3 Å². The van der Waals surface area contributed by atoms with E-state index in [4.69, 9.17) is 0 Å². The Hall–Kier alpha value is -1.68. The molecular weight excluding hydrogens is 289 g/mol. The molecule has 0 spiro atoms. The molecular formula is C19H26FN3. The lowest BCUT2D eigenvalue weighted by atomic mass is 9.90. The number of likely N-dealkylation sites (tertiary alicyclic amines) is 1. The Morgan fingerprint density at radius 1 is 1.30 bits per heavy atom. The van der Waals surface area contributed by atoms with Crippen molar-refractivity contribution >= 4 is 0 Å². The van der Waals surface area contributed by atoms with Gasteiger partial charge in [0, 0.05) is 30.3 Å². The predicted molar refractivity (Wildman–Crippen MR) is 90.8 cm³/mol. The number of halogens is 1. The summed E-state index contributed by atoms with van der Waals surface area (Å²) in [4.78, 5) is 2.37. The van der Waals surface area contributed by atoms with Crippen molar-refractivity contribution in [2.45, 2.75) is 45.6 Å². The van der Waals surface area contributed by atoms with E-state index in [1.165, 1.54) is 17.7 Å². The lowest BCUT2D eigenvalue weighted by Crippen LogP contribution is -2.34. The summed E-state index contributed by atoms with van der Waals surface area (Å²) in [6.07, 6.45) is 5.38. The molecule has 1 aliphatic heterocycles. The molecule has 2 aromatic rings. The van der Waals surface area contributed by atoms with Gasteiger partial charge in [0.15, 0.2) is 0 Å². The van der Waals surface area contributed by atoms with Gasteiger partial charge in [0.1, 0.15) is 5.82 Å². The molecule has 0 saturated carbocycles. The maximum absolute atomic E-state index is 13.9. The van der Waals surface area contributed by atoms with Gasteiger partial charge in [0.2, 0.25) is 0 Å². The molecule has 1 saturated heterocycles. The van der Waals surface area contributed by atoms with Gasteiger partial charge in [-0.05, 0) is 43.4 Å². The lowest BCUT2D eigenvalue weighted by molar-refractivity contribution is 0.196. The summed E-state index contributed by atoms with van der Waals surface area (Å²) in [5.74, 6) is 1.01. The van der Waals surface area contributed by atoms with Gasteiger partial charge in [0.05, 0.1) is 6.20 Å². The van der Waals surface area contributed by atoms with Gasteiger partial charge < -0.3 is 0 Å². The van der Waals surface area contributed by atoms with Crippen LogP contribution in [0.25, 0.3) is 0 Å². The molecule has 1 fully saturated rings. The molecule has 0 bridgehead atoms. The van der Waals surface area contributed by atoms with Crippen LogP contribution in [0.3, 0.4) is 0 Å². The fourth-order valence-electron chi connectivity index (χ4n) is 3.58. The quantitative estimate of drug-likeness (QED) is 0.900. The second-order valence-corrected chi connectivity index (χ2v) is 7.07. The second-order valence-electron chi connectivity index (χ2n) is 7.07. The van der Waals surface area contributed by atoms with E-state index >= 15 is 0 Å². The molecule has 1 aliphatic rings. The average Bonchev–Trinajstić information content (AvgIpc) is 2.97. The summed E-state index contributed by atoms with van der Waals surface area (Å²) in [5, 5.41) is 7.50. The third kappa shape index (κ3) is 3.99. The van der Waals surface area contributed by atoms with Crippen molar-refractivity contribution in [2.75, 3.05) is 13.1 Å². The van der Waals surface area contributed by atoms with Crippen molar-refractivity contribution < 1.29 is 4.39 Å². The molecule has 1 N–H and O–H groups in total. The largest absolute Gasteiger partial charge is 0.298 e. The summed E-state index contributed by atoms with van der Waals surface area (Å²) in [6, 6.07) is 7.10. The topological polar surface area (TPSA) is 31.9 Å². The van der Waals surface area contributed by atoms with Crippen molar-refractivity contribution in [2.24, 2.45) is 5.92 Å². The monoisotopic (exact) mass is 315 g/mol. The normalized spacial score (nSPS) is 19.4. The van der Waals surface area contributed by atoms with E-state index in [1.54, 1.807) is 12.1 Å². The number of H-pyrrole nitrogens is 1. The third-order valence-corrected chi connectivity index (χ3v) is 4.65. The van der Waals surface area contributed by atoms with E-state index in [-0.39, 0.29) is 5.82 Å². The molecule has 124 valence electrons. The van der Waals surface area contributed by atoms with Gasteiger partial charge in [-0.15, -0.1) is 0 Å². The van der Waals surface area contributed by atoms with Crippen molar-refractivity contribution in [1.29, 1.82) is 0 Å². The van der Waals surface area contributed by atoms with Crippen LogP contribution in [-0.4, -0.2) is 28.2 Å². The SMILES string of the molecule is CC(C)Cc1cn[nH]c1[C@@H]1CCCN(Cc2ccccc2F)C1. The number of aromatic amines is 1. The predicted octanol–water partition coefficient (Wildman–Crippen LogP) is 4.13. The number of nitrogens with one attached hydrogen (secondary N) is 1. The molecule has 0 aliphatic carbocycles. The average molecular weight is 315 g/mol. The van der Waals surface area contributed by atoms with Gasteiger partial charge in [-0.1, -0.05) is 32.0 Å². The first-order chi connectivity index (χ1) is 11.1. The highest BCUT2D eigenvalue weighted by Gasteiger charge is 2.25. The summed E-state index contributed by atoms with van der Waals surface area (Å²) in [6.45, 7) is 7.18. The molecule has 4 heteroatoms. The summed E-state index contributed by atoms with van der Waals surface area (Å²) in [7, 11) is 0. The molecule has 1 aromatic heterocycles. The summed E-state index contributed by atoms with van der Waals surface area (Å²) in [5.41, 5.74) is 3.43. The van der Waals surface area contributed by atoms with Crippen molar-refractivity contribution in [1.82, 2.24) is 15.1 Å². The first-order valence-corrected chi connectivity index (χ1v) is 8.61. The Kier molecular flexibility index (Phi) is 5.11. The van der Waals surface area contributed by atoms with Crippen LogP contribution in [0.1, 0.15) is 49.4 Å². The zero-order valence-corrected chi connectivity index (χ0v) is 14.1. The maximum atomic E-state index is 13.9. The molecule has 23 heavy (non-hydrogen) atoms. The van der Waals surface area contributed by atoms with Gasteiger partial charge >= 0.3 is 0 Å². The van der Waals surface area contributed by atoms with E-state index in [0.29, 0.717) is 18.4 Å². The molecule has 0 radical (unpaired) electrons. The summed E-state index contributed by atoms with van der Waals surface area (Å²) >= 11 is 0. The minimum absolute atomic E-state index is 0.100. The molecule has 3 nitrogen and oxygen atoms in total. The van der Waals surface area contributed by atoms with Crippen LogP contribution in [0.4, 0.5) is 4.39 Å². The van der Waals surface area contributed by atoms with Gasteiger partial charge in [-0.3, -0.25) is 10.00 Å². The Labute approximate surface area is 137 Å². The van der Waals surface area contributed by atoms with Gasteiger partial charge in [-0.2, -0.15) is 5.10 Å². The zero-order chi connectivity index (χ0) is 16.2. The van der Waals surface area contributed by atoms with Crippen molar-refractivity contribution in [3.63, 3.8) is 0 Å². The van der Waals surface area contributed by atoms with E-state index in [2.05, 4.69) is 28.9 Å². The highest BCUT2D eigenvalue weighted by molar-refractivity contribution is 5.22. The van der Waals surface area contributed by atoms with E-state index < -0.39 is 0 Å². The van der Waals surface area contributed by atoms with Crippen LogP contribution in [0.5, 0.6) is 0 Å². The van der Waals surface area contributed by atoms with E-state index in [9.17, 15) is 4.39 Å². The maximum Gasteiger partial charge on any atom is 0.127 e. The standard InChI is InChI=1S/C19H26FN3/c1-14(2)10-17-11-21-22-19(17)16-7-5-9-23(13-16)12-15-6-3-4-8-18(15)20/h3-4,6,8,11,14,16H,5,7,9-10,12-13H2,1-2H3,(H,21,22)/t16-/m1/s1.